The van der Waals surface area contributed by atoms with Crippen LogP contribution in [0.25, 0.3) is 0 Å². The summed E-state index contributed by atoms with van der Waals surface area (Å²) < 4.78 is 0. The lowest BCUT2D eigenvalue weighted by Gasteiger charge is -1.91. The summed E-state index contributed by atoms with van der Waals surface area (Å²) in [6.07, 6.45) is 3.54. The molecule has 0 amide bonds. The molecule has 0 spiro atoms. The van der Waals surface area contributed by atoms with Gasteiger partial charge in [0.1, 0.15) is 0 Å². The molecule has 0 N–H and O–H groups in total. The van der Waals surface area contributed by atoms with E-state index in [2.05, 4.69) is 9.98 Å². The maximum Gasteiger partial charge on any atom is 0.151 e. The van der Waals surface area contributed by atoms with E-state index in [0.29, 0.717) is 0 Å². The zero-order chi connectivity index (χ0) is 17.6. The van der Waals surface area contributed by atoms with Gasteiger partial charge in [-0.3, -0.25) is 0 Å². The fourth-order valence-electron chi connectivity index (χ4n) is 1.11. The van der Waals surface area contributed by atoms with Crippen LogP contribution in [0.2, 0.25) is 0 Å². The van der Waals surface area contributed by atoms with Crippen LogP contribution in [0.4, 0.5) is 5.82 Å². The number of benzene rings is 1. The molecule has 0 atom stereocenters. The number of aromatic nitrogens is 1. The van der Waals surface area contributed by atoms with Crippen LogP contribution in [0.1, 0.15) is 61.0 Å². The Labute approximate surface area is 138 Å². The molecule has 1 heterocycles. The zero-order valence-electron chi connectivity index (χ0n) is 15.7. The first kappa shape index (κ1) is 25.0. The van der Waals surface area contributed by atoms with E-state index in [-0.39, 0.29) is 0 Å². The number of nitrogens with zero attached hydrogens (tertiary/aromatic N) is 2. The number of hydrogen-bond donors (Lipinski definition) is 0. The summed E-state index contributed by atoms with van der Waals surface area (Å²) in [5, 5.41) is 0. The Hall–Kier alpha value is -1.96. The molecule has 1 aromatic carbocycles. The molecule has 0 aliphatic heterocycles. The summed E-state index contributed by atoms with van der Waals surface area (Å²) in [5.41, 5.74) is 1.08. The maximum atomic E-state index is 4.24. The van der Waals surface area contributed by atoms with Gasteiger partial charge in [-0.1, -0.05) is 91.8 Å². The van der Waals surface area contributed by atoms with Crippen molar-refractivity contribution in [3.63, 3.8) is 0 Å². The van der Waals surface area contributed by atoms with Crippen LogP contribution in [-0.2, 0) is 0 Å². The van der Waals surface area contributed by atoms with Gasteiger partial charge in [-0.2, -0.15) is 0 Å². The third-order valence-electron chi connectivity index (χ3n) is 1.79. The summed E-state index contributed by atoms with van der Waals surface area (Å²) in [5.74, 6) is 0.733. The van der Waals surface area contributed by atoms with Gasteiger partial charge in [-0.25, -0.2) is 9.98 Å². The van der Waals surface area contributed by atoms with Crippen molar-refractivity contribution in [2.75, 3.05) is 0 Å². The van der Waals surface area contributed by atoms with Crippen LogP contribution in [0.15, 0.2) is 59.7 Å². The highest BCUT2D eigenvalue weighted by atomic mass is 14.9. The summed E-state index contributed by atoms with van der Waals surface area (Å²) in [6.45, 7) is 16.0. The van der Waals surface area contributed by atoms with Gasteiger partial charge < -0.3 is 0 Å². The van der Waals surface area contributed by atoms with Crippen LogP contribution >= 0.6 is 0 Å². The molecular formula is C20H34N2. The van der Waals surface area contributed by atoms with Gasteiger partial charge in [-0.05, 0) is 17.7 Å². The topological polar surface area (TPSA) is 25.2 Å². The number of pyridine rings is 1. The standard InChI is InChI=1S/C12H10N2.4C2H6/c1-2-6-11(7-3-1)10-14-12-8-4-5-9-13-12;4*1-2/h1-10H;4*1-2H3. The predicted octanol–water partition coefficient (Wildman–Crippen LogP) is 6.94. The number of aliphatic imine (C=N–C) groups is 1. The quantitative estimate of drug-likeness (QED) is 0.552. The van der Waals surface area contributed by atoms with Crippen LogP contribution < -0.4 is 0 Å². The number of rotatable bonds is 2. The molecule has 2 nitrogen and oxygen atoms in total. The molecule has 124 valence electrons. The first-order chi connectivity index (χ1) is 10.9. The van der Waals surface area contributed by atoms with Gasteiger partial charge in [0.15, 0.2) is 5.82 Å². The van der Waals surface area contributed by atoms with E-state index in [4.69, 9.17) is 0 Å². The van der Waals surface area contributed by atoms with Crippen LogP contribution in [0.3, 0.4) is 0 Å². The van der Waals surface area contributed by atoms with Crippen molar-refractivity contribution in [1.82, 2.24) is 4.98 Å². The average Bonchev–Trinajstić information content (AvgIpc) is 2.68. The van der Waals surface area contributed by atoms with E-state index >= 15 is 0 Å². The van der Waals surface area contributed by atoms with Crippen molar-refractivity contribution in [3.8, 4) is 0 Å². The molecule has 0 fully saturated rings. The fraction of sp³-hybridized carbons (Fsp3) is 0.400. The van der Waals surface area contributed by atoms with Gasteiger partial charge in [0, 0.05) is 12.4 Å². The lowest BCUT2D eigenvalue weighted by atomic mass is 10.2. The van der Waals surface area contributed by atoms with Gasteiger partial charge in [-0.15, -0.1) is 0 Å². The van der Waals surface area contributed by atoms with Crippen LogP contribution in [0.5, 0.6) is 0 Å². The molecular weight excluding hydrogens is 268 g/mol. The lowest BCUT2D eigenvalue weighted by Crippen LogP contribution is -1.78. The van der Waals surface area contributed by atoms with Gasteiger partial charge in [0.05, 0.1) is 0 Å². The molecule has 2 rings (SSSR count). The van der Waals surface area contributed by atoms with Gasteiger partial charge in [0.25, 0.3) is 0 Å². The molecule has 2 heteroatoms. The molecule has 1 aromatic heterocycles. The SMILES string of the molecule is C(=Nc1ccccn1)c1ccccc1.CC.CC.CC.CC. The monoisotopic (exact) mass is 302 g/mol. The Bertz CT molecular complexity index is 367. The largest absolute Gasteiger partial charge is 0.237 e. The molecule has 2 aromatic rings. The van der Waals surface area contributed by atoms with Crippen molar-refractivity contribution in [2.45, 2.75) is 55.4 Å². The normalized spacial score (nSPS) is 7.82. The highest BCUT2D eigenvalue weighted by Gasteiger charge is 1.86. The summed E-state index contributed by atoms with van der Waals surface area (Å²) in [4.78, 5) is 8.34. The lowest BCUT2D eigenvalue weighted by molar-refractivity contribution is 1.28. The van der Waals surface area contributed by atoms with E-state index in [1.165, 1.54) is 0 Å². The molecule has 22 heavy (non-hydrogen) atoms. The van der Waals surface area contributed by atoms with Gasteiger partial charge >= 0.3 is 0 Å². The second-order valence-corrected chi connectivity index (χ2v) is 2.86. The first-order valence-electron chi connectivity index (χ1n) is 8.45. The fourth-order valence-corrected chi connectivity index (χ4v) is 1.11. The average molecular weight is 303 g/mol. The Kier molecular flexibility index (Phi) is 27.4. The highest BCUT2D eigenvalue weighted by Crippen LogP contribution is 2.05. The molecule has 0 saturated carbocycles. The summed E-state index contributed by atoms with van der Waals surface area (Å²) in [7, 11) is 0. The maximum absolute atomic E-state index is 4.24. The Morgan fingerprint density at radius 3 is 1.64 bits per heavy atom. The highest BCUT2D eigenvalue weighted by molar-refractivity contribution is 5.81. The molecule has 0 saturated heterocycles. The van der Waals surface area contributed by atoms with Crippen LogP contribution in [-0.4, -0.2) is 11.2 Å². The van der Waals surface area contributed by atoms with E-state index in [1.54, 1.807) is 6.20 Å². The Morgan fingerprint density at radius 1 is 0.682 bits per heavy atom. The second-order valence-electron chi connectivity index (χ2n) is 2.86. The van der Waals surface area contributed by atoms with E-state index < -0.39 is 0 Å². The third-order valence-corrected chi connectivity index (χ3v) is 1.79. The third kappa shape index (κ3) is 14.4. The molecule has 0 aliphatic rings. The van der Waals surface area contributed by atoms with Crippen LogP contribution in [0, 0.1) is 0 Å². The predicted molar refractivity (Wildman–Crippen MR) is 103 cm³/mol. The summed E-state index contributed by atoms with van der Waals surface area (Å²) >= 11 is 0. The number of hydrogen-bond acceptors (Lipinski definition) is 2. The minimum Gasteiger partial charge on any atom is -0.237 e. The Balaban J connectivity index is -0.000000394. The van der Waals surface area contributed by atoms with Crippen molar-refractivity contribution in [2.24, 2.45) is 4.99 Å². The van der Waals surface area contributed by atoms with Crippen molar-refractivity contribution in [1.29, 1.82) is 0 Å². The van der Waals surface area contributed by atoms with Crippen molar-refractivity contribution in [3.05, 3.63) is 60.3 Å². The van der Waals surface area contributed by atoms with Gasteiger partial charge in [0.2, 0.25) is 0 Å². The molecule has 0 bridgehead atoms. The minimum atomic E-state index is 0.733. The summed E-state index contributed by atoms with van der Waals surface area (Å²) in [6, 6.07) is 15.6. The van der Waals surface area contributed by atoms with E-state index in [9.17, 15) is 0 Å². The smallest absolute Gasteiger partial charge is 0.151 e. The van der Waals surface area contributed by atoms with E-state index in [1.807, 2.05) is 110 Å². The van der Waals surface area contributed by atoms with Crippen molar-refractivity contribution < 1.29 is 0 Å². The first-order valence-corrected chi connectivity index (χ1v) is 8.45. The van der Waals surface area contributed by atoms with Crippen molar-refractivity contribution >= 4 is 12.0 Å². The minimum absolute atomic E-state index is 0.733. The second kappa shape index (κ2) is 24.1. The molecule has 0 aliphatic carbocycles. The molecule has 0 radical (unpaired) electrons. The zero-order valence-corrected chi connectivity index (χ0v) is 15.7. The Morgan fingerprint density at radius 2 is 1.18 bits per heavy atom. The molecule has 0 unspecified atom stereocenters. The van der Waals surface area contributed by atoms with E-state index in [0.717, 1.165) is 11.4 Å².